The van der Waals surface area contributed by atoms with E-state index in [1.165, 1.54) is 12.1 Å². The van der Waals surface area contributed by atoms with Crippen molar-refractivity contribution < 1.29 is 4.39 Å². The molecule has 1 aromatic carbocycles. The maximum Gasteiger partial charge on any atom is 0.222 e. The van der Waals surface area contributed by atoms with E-state index >= 15 is 0 Å². The molecule has 2 aromatic rings. The molecule has 1 heterocycles. The number of hydrogen-bond donors (Lipinski definition) is 2. The van der Waals surface area contributed by atoms with E-state index < -0.39 is 5.82 Å². The van der Waals surface area contributed by atoms with Crippen molar-refractivity contribution in [2.45, 2.75) is 0 Å². The first-order valence-electron chi connectivity index (χ1n) is 4.81. The van der Waals surface area contributed by atoms with Crippen molar-refractivity contribution in [1.29, 1.82) is 5.26 Å². The van der Waals surface area contributed by atoms with Gasteiger partial charge in [0.25, 0.3) is 0 Å². The second-order valence-electron chi connectivity index (χ2n) is 3.43. The van der Waals surface area contributed by atoms with E-state index in [-0.39, 0.29) is 28.6 Å². The quantitative estimate of drug-likeness (QED) is 0.840. The highest BCUT2D eigenvalue weighted by Gasteiger charge is 2.16. The Labute approximate surface area is 110 Å². The summed E-state index contributed by atoms with van der Waals surface area (Å²) >= 11 is 3.15. The number of rotatable bonds is 1. The summed E-state index contributed by atoms with van der Waals surface area (Å²) in [6.45, 7) is 0. The van der Waals surface area contributed by atoms with Gasteiger partial charge in [-0.15, -0.1) is 0 Å². The first-order chi connectivity index (χ1) is 8.52. The third kappa shape index (κ3) is 2.10. The lowest BCUT2D eigenvalue weighted by Crippen LogP contribution is -2.05. The fourth-order valence-corrected chi connectivity index (χ4v) is 1.82. The molecule has 0 unspecified atom stereocenters. The molecule has 0 aliphatic carbocycles. The number of hydrogen-bond acceptors (Lipinski definition) is 5. The second kappa shape index (κ2) is 4.58. The molecule has 0 aliphatic heterocycles. The Balaban J connectivity index is 2.75. The minimum absolute atomic E-state index is 0.00502. The van der Waals surface area contributed by atoms with E-state index in [1.54, 1.807) is 6.07 Å². The smallest absolute Gasteiger partial charge is 0.222 e. The van der Waals surface area contributed by atoms with Crippen LogP contribution in [-0.4, -0.2) is 9.97 Å². The third-order valence-electron chi connectivity index (χ3n) is 2.25. The Morgan fingerprint density at radius 2 is 2.00 bits per heavy atom. The number of nitrogens with zero attached hydrogens (tertiary/aromatic N) is 3. The molecule has 0 fully saturated rings. The zero-order valence-corrected chi connectivity index (χ0v) is 10.6. The summed E-state index contributed by atoms with van der Waals surface area (Å²) in [4.78, 5) is 7.54. The average molecular weight is 308 g/mol. The van der Waals surface area contributed by atoms with Crippen molar-refractivity contribution in [2.75, 3.05) is 11.5 Å². The van der Waals surface area contributed by atoms with E-state index in [0.717, 1.165) is 0 Å². The molecule has 18 heavy (non-hydrogen) atoms. The van der Waals surface area contributed by atoms with Gasteiger partial charge < -0.3 is 11.5 Å². The van der Waals surface area contributed by atoms with Crippen LogP contribution in [0.15, 0.2) is 22.7 Å². The summed E-state index contributed by atoms with van der Waals surface area (Å²) in [7, 11) is 0. The molecule has 90 valence electrons. The summed E-state index contributed by atoms with van der Waals surface area (Å²) in [6, 6.07) is 6.24. The van der Waals surface area contributed by atoms with Gasteiger partial charge in [0.15, 0.2) is 0 Å². The molecule has 0 bridgehead atoms. The molecule has 0 saturated heterocycles. The Morgan fingerprint density at radius 3 is 2.61 bits per heavy atom. The highest BCUT2D eigenvalue weighted by Crippen LogP contribution is 2.29. The molecule has 2 rings (SSSR count). The van der Waals surface area contributed by atoms with Gasteiger partial charge in [-0.3, -0.25) is 0 Å². The summed E-state index contributed by atoms with van der Waals surface area (Å²) in [5.74, 6) is -0.704. The van der Waals surface area contributed by atoms with E-state index in [2.05, 4.69) is 25.9 Å². The number of benzene rings is 1. The van der Waals surface area contributed by atoms with Crippen LogP contribution in [0.1, 0.15) is 5.56 Å². The van der Waals surface area contributed by atoms with Crippen LogP contribution in [0.4, 0.5) is 16.2 Å². The van der Waals surface area contributed by atoms with Crippen molar-refractivity contribution in [3.8, 4) is 17.3 Å². The van der Waals surface area contributed by atoms with Gasteiger partial charge in [0.1, 0.15) is 23.3 Å². The number of nitriles is 1. The average Bonchev–Trinajstić information content (AvgIpc) is 2.28. The molecule has 0 aliphatic rings. The molecule has 0 amide bonds. The Bertz CT molecular complexity index is 665. The molecule has 0 spiro atoms. The first-order valence-corrected chi connectivity index (χ1v) is 5.60. The Morgan fingerprint density at radius 1 is 1.28 bits per heavy atom. The van der Waals surface area contributed by atoms with Gasteiger partial charge in [-0.2, -0.15) is 10.2 Å². The van der Waals surface area contributed by atoms with Crippen LogP contribution in [0, 0.1) is 17.1 Å². The number of anilines is 2. The summed E-state index contributed by atoms with van der Waals surface area (Å²) in [5, 5.41) is 9.01. The van der Waals surface area contributed by atoms with Crippen LogP contribution in [-0.2, 0) is 0 Å². The standard InChI is InChI=1S/C11H7BrFN5/c12-5-1-2-6(8(13)3-5)9-7(4-14)10(15)18-11(16)17-9/h1-3H,(H4,15,16,17,18). The van der Waals surface area contributed by atoms with Gasteiger partial charge in [0.05, 0.1) is 5.69 Å². The number of nitrogen functional groups attached to an aromatic ring is 2. The minimum Gasteiger partial charge on any atom is -0.382 e. The topological polar surface area (TPSA) is 102 Å². The maximum atomic E-state index is 13.8. The van der Waals surface area contributed by atoms with Crippen LogP contribution in [0.5, 0.6) is 0 Å². The van der Waals surface area contributed by atoms with E-state index in [0.29, 0.717) is 4.47 Å². The summed E-state index contributed by atoms with van der Waals surface area (Å²) in [5.41, 5.74) is 11.3. The third-order valence-corrected chi connectivity index (χ3v) is 2.75. The van der Waals surface area contributed by atoms with Crippen LogP contribution >= 0.6 is 15.9 Å². The van der Waals surface area contributed by atoms with Crippen molar-refractivity contribution in [2.24, 2.45) is 0 Å². The van der Waals surface area contributed by atoms with Crippen molar-refractivity contribution in [3.63, 3.8) is 0 Å². The monoisotopic (exact) mass is 307 g/mol. The first kappa shape index (κ1) is 12.3. The number of aromatic nitrogens is 2. The maximum absolute atomic E-state index is 13.8. The largest absolute Gasteiger partial charge is 0.382 e. The van der Waals surface area contributed by atoms with Gasteiger partial charge in [-0.25, -0.2) is 9.37 Å². The molecule has 0 radical (unpaired) electrons. The van der Waals surface area contributed by atoms with E-state index in [1.807, 2.05) is 6.07 Å². The summed E-state index contributed by atoms with van der Waals surface area (Å²) < 4.78 is 14.4. The SMILES string of the molecule is N#Cc1c(N)nc(N)nc1-c1ccc(Br)cc1F. The van der Waals surface area contributed by atoms with Crippen LogP contribution in [0.25, 0.3) is 11.3 Å². The molecular formula is C11H7BrFN5. The molecule has 0 saturated carbocycles. The summed E-state index contributed by atoms with van der Waals surface area (Å²) in [6.07, 6.45) is 0. The van der Waals surface area contributed by atoms with Crippen molar-refractivity contribution >= 4 is 27.7 Å². The predicted molar refractivity (Wildman–Crippen MR) is 68.7 cm³/mol. The zero-order chi connectivity index (χ0) is 13.3. The Hall–Kier alpha value is -2.20. The fourth-order valence-electron chi connectivity index (χ4n) is 1.48. The number of nitrogens with two attached hydrogens (primary N) is 2. The van der Waals surface area contributed by atoms with E-state index in [9.17, 15) is 4.39 Å². The molecular weight excluding hydrogens is 301 g/mol. The second-order valence-corrected chi connectivity index (χ2v) is 4.34. The minimum atomic E-state index is -0.529. The highest BCUT2D eigenvalue weighted by molar-refractivity contribution is 9.10. The predicted octanol–water partition coefficient (Wildman–Crippen LogP) is 2.08. The van der Waals surface area contributed by atoms with Crippen LogP contribution < -0.4 is 11.5 Å². The molecule has 1 aromatic heterocycles. The lowest BCUT2D eigenvalue weighted by molar-refractivity contribution is 0.630. The highest BCUT2D eigenvalue weighted by atomic mass is 79.9. The normalized spacial score (nSPS) is 10.1. The molecule has 5 nitrogen and oxygen atoms in total. The van der Waals surface area contributed by atoms with Gasteiger partial charge in [-0.05, 0) is 18.2 Å². The zero-order valence-electron chi connectivity index (χ0n) is 8.98. The van der Waals surface area contributed by atoms with Gasteiger partial charge in [0.2, 0.25) is 5.95 Å². The molecule has 0 atom stereocenters. The van der Waals surface area contributed by atoms with Gasteiger partial charge in [-0.1, -0.05) is 15.9 Å². The van der Waals surface area contributed by atoms with Crippen molar-refractivity contribution in [1.82, 2.24) is 9.97 Å². The van der Waals surface area contributed by atoms with Crippen LogP contribution in [0.2, 0.25) is 0 Å². The number of halogens is 2. The van der Waals surface area contributed by atoms with Crippen molar-refractivity contribution in [3.05, 3.63) is 34.1 Å². The van der Waals surface area contributed by atoms with Gasteiger partial charge >= 0.3 is 0 Å². The lowest BCUT2D eigenvalue weighted by Gasteiger charge is -2.07. The molecule has 4 N–H and O–H groups in total. The Kier molecular flexibility index (Phi) is 3.12. The fraction of sp³-hybridized carbons (Fsp3) is 0. The lowest BCUT2D eigenvalue weighted by atomic mass is 10.1. The van der Waals surface area contributed by atoms with Crippen LogP contribution in [0.3, 0.4) is 0 Å². The van der Waals surface area contributed by atoms with Gasteiger partial charge in [0, 0.05) is 10.0 Å². The molecule has 7 heteroatoms. The van der Waals surface area contributed by atoms with E-state index in [4.69, 9.17) is 16.7 Å².